The lowest BCUT2D eigenvalue weighted by Crippen LogP contribution is -2.10. The van der Waals surface area contributed by atoms with Gasteiger partial charge in [0, 0.05) is 46.3 Å². The van der Waals surface area contributed by atoms with Gasteiger partial charge in [0.2, 0.25) is 0 Å². The number of hydrogen-bond donors (Lipinski definition) is 0. The molecular formula is C36H30N2O2. The zero-order chi connectivity index (χ0) is 27.3. The van der Waals surface area contributed by atoms with E-state index in [1.54, 1.807) is 14.2 Å². The van der Waals surface area contributed by atoms with Crippen molar-refractivity contribution in [3.63, 3.8) is 0 Å². The van der Waals surface area contributed by atoms with E-state index in [1.807, 2.05) is 36.4 Å². The molecule has 0 aliphatic rings. The van der Waals surface area contributed by atoms with Crippen LogP contribution in [-0.2, 0) is 0 Å². The van der Waals surface area contributed by atoms with Gasteiger partial charge in [0.05, 0.1) is 14.2 Å². The van der Waals surface area contributed by atoms with Crippen LogP contribution < -0.4 is 19.3 Å². The van der Waals surface area contributed by atoms with Crippen molar-refractivity contribution < 1.29 is 9.47 Å². The Balaban J connectivity index is 1.44. The van der Waals surface area contributed by atoms with Crippen molar-refractivity contribution >= 4 is 44.9 Å². The average molecular weight is 523 g/mol. The smallest absolute Gasteiger partial charge is 0.120 e. The lowest BCUT2D eigenvalue weighted by atomic mass is 10.1. The number of methoxy groups -OCH3 is 2. The summed E-state index contributed by atoms with van der Waals surface area (Å²) in [4.78, 5) is 4.50. The Morgan fingerprint density at radius 2 is 0.725 bits per heavy atom. The standard InChI is InChI=1S/C36H30N2O2/c1-39-35-17-9-15-31(25-35)37(29-11-5-3-6-12-29)33-21-19-28-24-34(22-20-27(28)23-33)38(30-13-7-4-8-14-30)32-16-10-18-36(26-32)40-2/h3-26H,1-2H3. The molecule has 0 radical (unpaired) electrons. The normalized spacial score (nSPS) is 10.8. The Morgan fingerprint density at radius 3 is 1.12 bits per heavy atom. The maximum Gasteiger partial charge on any atom is 0.120 e. The van der Waals surface area contributed by atoms with Gasteiger partial charge >= 0.3 is 0 Å². The van der Waals surface area contributed by atoms with Crippen LogP contribution in [0, 0.1) is 0 Å². The van der Waals surface area contributed by atoms with Crippen molar-refractivity contribution in [3.05, 3.63) is 146 Å². The van der Waals surface area contributed by atoms with E-state index in [-0.39, 0.29) is 0 Å². The molecule has 0 heterocycles. The third kappa shape index (κ3) is 5.07. The number of ether oxygens (including phenoxy) is 2. The molecule has 4 heteroatoms. The predicted molar refractivity (Wildman–Crippen MR) is 166 cm³/mol. The van der Waals surface area contributed by atoms with Crippen molar-refractivity contribution in [1.29, 1.82) is 0 Å². The summed E-state index contributed by atoms with van der Waals surface area (Å²) < 4.78 is 11.1. The monoisotopic (exact) mass is 522 g/mol. The molecule has 0 saturated heterocycles. The highest BCUT2D eigenvalue weighted by atomic mass is 16.5. The van der Waals surface area contributed by atoms with Crippen molar-refractivity contribution in [3.8, 4) is 11.5 Å². The van der Waals surface area contributed by atoms with Gasteiger partial charge in [-0.2, -0.15) is 0 Å². The fraction of sp³-hybridized carbons (Fsp3) is 0.0556. The second-order valence-electron chi connectivity index (χ2n) is 9.46. The molecule has 196 valence electrons. The van der Waals surface area contributed by atoms with Crippen LogP contribution in [0.5, 0.6) is 11.5 Å². The van der Waals surface area contributed by atoms with E-state index in [9.17, 15) is 0 Å². The van der Waals surface area contributed by atoms with Crippen molar-refractivity contribution in [2.45, 2.75) is 0 Å². The van der Waals surface area contributed by atoms with Gasteiger partial charge in [-0.05, 0) is 83.6 Å². The van der Waals surface area contributed by atoms with E-state index in [0.29, 0.717) is 0 Å². The number of benzene rings is 6. The summed E-state index contributed by atoms with van der Waals surface area (Å²) in [6.07, 6.45) is 0. The van der Waals surface area contributed by atoms with E-state index in [1.165, 1.54) is 0 Å². The van der Waals surface area contributed by atoms with Crippen LogP contribution in [0.4, 0.5) is 34.1 Å². The van der Waals surface area contributed by atoms with Crippen molar-refractivity contribution in [1.82, 2.24) is 0 Å². The molecule has 0 aliphatic heterocycles. The zero-order valence-corrected chi connectivity index (χ0v) is 22.6. The van der Waals surface area contributed by atoms with Gasteiger partial charge in [0.1, 0.15) is 11.5 Å². The molecule has 6 aromatic carbocycles. The van der Waals surface area contributed by atoms with Crippen LogP contribution in [0.15, 0.2) is 146 Å². The molecule has 0 amide bonds. The molecular weight excluding hydrogens is 492 g/mol. The highest BCUT2D eigenvalue weighted by Gasteiger charge is 2.16. The Morgan fingerprint density at radius 1 is 0.350 bits per heavy atom. The largest absolute Gasteiger partial charge is 0.497 e. The fourth-order valence-corrected chi connectivity index (χ4v) is 5.05. The molecule has 0 spiro atoms. The SMILES string of the molecule is COc1cccc(N(c2ccccc2)c2ccc3cc(N(c4ccccc4)c4cccc(OC)c4)ccc3c2)c1. The Hall–Kier alpha value is -5.22. The van der Waals surface area contributed by atoms with Gasteiger partial charge in [-0.15, -0.1) is 0 Å². The first-order chi connectivity index (χ1) is 19.7. The number of hydrogen-bond acceptors (Lipinski definition) is 4. The van der Waals surface area contributed by atoms with E-state index in [2.05, 4.69) is 119 Å². The van der Waals surface area contributed by atoms with Crippen molar-refractivity contribution in [2.75, 3.05) is 24.0 Å². The van der Waals surface area contributed by atoms with E-state index in [0.717, 1.165) is 56.4 Å². The van der Waals surface area contributed by atoms with Crippen LogP contribution >= 0.6 is 0 Å². The average Bonchev–Trinajstić information content (AvgIpc) is 3.02. The Labute approximate surface area is 235 Å². The van der Waals surface area contributed by atoms with Crippen LogP contribution in [-0.4, -0.2) is 14.2 Å². The van der Waals surface area contributed by atoms with Crippen LogP contribution in [0.25, 0.3) is 10.8 Å². The second kappa shape index (κ2) is 11.3. The molecule has 0 bridgehead atoms. The third-order valence-electron chi connectivity index (χ3n) is 6.98. The molecule has 4 nitrogen and oxygen atoms in total. The first kappa shape index (κ1) is 25.1. The maximum atomic E-state index is 5.53. The second-order valence-corrected chi connectivity index (χ2v) is 9.46. The van der Waals surface area contributed by atoms with E-state index < -0.39 is 0 Å². The lowest BCUT2D eigenvalue weighted by molar-refractivity contribution is 0.415. The van der Waals surface area contributed by atoms with Gasteiger partial charge in [-0.1, -0.05) is 60.7 Å². The quantitative estimate of drug-likeness (QED) is 0.199. The molecule has 0 aromatic heterocycles. The molecule has 6 aromatic rings. The first-order valence-corrected chi connectivity index (χ1v) is 13.3. The van der Waals surface area contributed by atoms with Gasteiger partial charge in [-0.25, -0.2) is 0 Å². The first-order valence-electron chi connectivity index (χ1n) is 13.3. The summed E-state index contributed by atoms with van der Waals surface area (Å²) in [5.41, 5.74) is 6.39. The summed E-state index contributed by atoms with van der Waals surface area (Å²) in [7, 11) is 3.40. The zero-order valence-electron chi connectivity index (χ0n) is 22.6. The predicted octanol–water partition coefficient (Wildman–Crippen LogP) is 9.80. The number of rotatable bonds is 8. The number of anilines is 6. The molecule has 6 rings (SSSR count). The minimum Gasteiger partial charge on any atom is -0.497 e. The van der Waals surface area contributed by atoms with E-state index >= 15 is 0 Å². The maximum absolute atomic E-state index is 5.53. The van der Waals surface area contributed by atoms with E-state index in [4.69, 9.17) is 9.47 Å². The lowest BCUT2D eigenvalue weighted by Gasteiger charge is -2.27. The van der Waals surface area contributed by atoms with Crippen LogP contribution in [0.1, 0.15) is 0 Å². The summed E-state index contributed by atoms with van der Waals surface area (Å²) in [6, 6.07) is 50.4. The molecule has 0 aliphatic carbocycles. The van der Waals surface area contributed by atoms with Gasteiger partial charge in [0.15, 0.2) is 0 Å². The minimum absolute atomic E-state index is 0.822. The topological polar surface area (TPSA) is 24.9 Å². The van der Waals surface area contributed by atoms with Gasteiger partial charge in [0.25, 0.3) is 0 Å². The summed E-state index contributed by atoms with van der Waals surface area (Å²) in [5.74, 6) is 1.64. The highest BCUT2D eigenvalue weighted by molar-refractivity contribution is 5.93. The number of fused-ring (bicyclic) bond motifs is 1. The van der Waals surface area contributed by atoms with Crippen molar-refractivity contribution in [2.24, 2.45) is 0 Å². The highest BCUT2D eigenvalue weighted by Crippen LogP contribution is 2.40. The number of nitrogens with zero attached hydrogens (tertiary/aromatic N) is 2. The van der Waals surface area contributed by atoms with Crippen LogP contribution in [0.3, 0.4) is 0 Å². The third-order valence-corrected chi connectivity index (χ3v) is 6.98. The van der Waals surface area contributed by atoms with Gasteiger partial charge < -0.3 is 19.3 Å². The molecule has 0 N–H and O–H groups in total. The minimum atomic E-state index is 0.822. The Kier molecular flexibility index (Phi) is 7.06. The molecule has 0 fully saturated rings. The summed E-state index contributed by atoms with van der Waals surface area (Å²) in [6.45, 7) is 0. The summed E-state index contributed by atoms with van der Waals surface area (Å²) in [5, 5.41) is 2.31. The molecule has 0 atom stereocenters. The van der Waals surface area contributed by atoms with Gasteiger partial charge in [-0.3, -0.25) is 0 Å². The summed E-state index contributed by atoms with van der Waals surface area (Å²) >= 11 is 0. The van der Waals surface area contributed by atoms with Crippen LogP contribution in [0.2, 0.25) is 0 Å². The molecule has 0 unspecified atom stereocenters. The number of para-hydroxylation sites is 2. The fourth-order valence-electron chi connectivity index (χ4n) is 5.05. The molecule has 40 heavy (non-hydrogen) atoms. The Bertz CT molecular complexity index is 1600. The molecule has 0 saturated carbocycles.